The Morgan fingerprint density at radius 3 is 2.71 bits per heavy atom. The zero-order valence-electron chi connectivity index (χ0n) is 13.4. The third-order valence-corrected chi connectivity index (χ3v) is 6.22. The number of nitrogens with zero attached hydrogens (tertiary/aromatic N) is 3. The Morgan fingerprint density at radius 1 is 1.38 bits per heavy atom. The van der Waals surface area contributed by atoms with Gasteiger partial charge in [0.2, 0.25) is 10.0 Å². The van der Waals surface area contributed by atoms with Gasteiger partial charge >= 0.3 is 0 Å². The van der Waals surface area contributed by atoms with Gasteiger partial charge in [-0.15, -0.1) is 0 Å². The number of aryl methyl sites for hydroxylation is 1. The largest absolute Gasteiger partial charge is 0.318 e. The molecule has 2 rings (SSSR count). The quantitative estimate of drug-likeness (QED) is 0.885. The van der Waals surface area contributed by atoms with Gasteiger partial charge in [0.1, 0.15) is 4.90 Å². The van der Waals surface area contributed by atoms with Crippen LogP contribution in [0.4, 0.5) is 0 Å². The van der Waals surface area contributed by atoms with Gasteiger partial charge in [-0.05, 0) is 39.7 Å². The standard InChI is InChI=1S/C14H26N4O2S/c1-11-6-5-8-17(10-11)21(19,20)14-12(2)16-18(13(14)3)9-7-15-4/h11,15H,5-10H2,1-4H3. The lowest BCUT2D eigenvalue weighted by Gasteiger charge is -2.30. The third-order valence-electron chi connectivity index (χ3n) is 4.11. The van der Waals surface area contributed by atoms with Gasteiger partial charge < -0.3 is 5.32 Å². The maximum Gasteiger partial charge on any atom is 0.246 e. The number of aromatic nitrogens is 2. The van der Waals surface area contributed by atoms with Gasteiger partial charge in [-0.1, -0.05) is 6.92 Å². The summed E-state index contributed by atoms with van der Waals surface area (Å²) < 4.78 is 29.2. The van der Waals surface area contributed by atoms with E-state index in [0.29, 0.717) is 36.1 Å². The van der Waals surface area contributed by atoms with Crippen molar-refractivity contribution in [2.75, 3.05) is 26.7 Å². The van der Waals surface area contributed by atoms with Crippen molar-refractivity contribution in [1.82, 2.24) is 19.4 Å². The molecule has 0 aliphatic carbocycles. The van der Waals surface area contributed by atoms with Crippen LogP contribution in [0.25, 0.3) is 0 Å². The van der Waals surface area contributed by atoms with Crippen LogP contribution >= 0.6 is 0 Å². The zero-order chi connectivity index (χ0) is 15.6. The van der Waals surface area contributed by atoms with E-state index in [-0.39, 0.29) is 0 Å². The summed E-state index contributed by atoms with van der Waals surface area (Å²) in [5.41, 5.74) is 1.34. The second kappa shape index (κ2) is 6.46. The first-order valence-corrected chi connectivity index (χ1v) is 9.00. The Morgan fingerprint density at radius 2 is 2.10 bits per heavy atom. The van der Waals surface area contributed by atoms with Crippen LogP contribution in [0, 0.1) is 19.8 Å². The maximum absolute atomic E-state index is 12.9. The van der Waals surface area contributed by atoms with Crippen molar-refractivity contribution >= 4 is 10.0 Å². The van der Waals surface area contributed by atoms with Crippen molar-refractivity contribution in [3.8, 4) is 0 Å². The highest BCUT2D eigenvalue weighted by molar-refractivity contribution is 7.89. The van der Waals surface area contributed by atoms with E-state index in [1.165, 1.54) is 0 Å². The van der Waals surface area contributed by atoms with E-state index in [2.05, 4.69) is 17.3 Å². The molecular formula is C14H26N4O2S. The predicted molar refractivity (Wildman–Crippen MR) is 82.8 cm³/mol. The second-order valence-electron chi connectivity index (χ2n) is 5.94. The molecule has 0 bridgehead atoms. The van der Waals surface area contributed by atoms with Crippen LogP contribution in [0.15, 0.2) is 4.90 Å². The molecule has 1 atom stereocenters. The number of hydrogen-bond donors (Lipinski definition) is 1. The molecule has 120 valence electrons. The first-order chi connectivity index (χ1) is 9.87. The fourth-order valence-electron chi connectivity index (χ4n) is 2.98. The maximum atomic E-state index is 12.9. The Labute approximate surface area is 127 Å². The summed E-state index contributed by atoms with van der Waals surface area (Å²) >= 11 is 0. The van der Waals surface area contributed by atoms with E-state index in [4.69, 9.17) is 0 Å². The average molecular weight is 314 g/mol. The number of rotatable bonds is 5. The number of piperidine rings is 1. The summed E-state index contributed by atoms with van der Waals surface area (Å²) in [6.07, 6.45) is 2.04. The van der Waals surface area contributed by atoms with Gasteiger partial charge in [0.15, 0.2) is 0 Å². The van der Waals surface area contributed by atoms with Crippen LogP contribution < -0.4 is 5.32 Å². The van der Waals surface area contributed by atoms with E-state index in [0.717, 1.165) is 25.1 Å². The van der Waals surface area contributed by atoms with Crippen LogP contribution in [-0.2, 0) is 16.6 Å². The number of likely N-dealkylation sites (N-methyl/N-ethyl adjacent to an activating group) is 1. The van der Waals surface area contributed by atoms with E-state index in [1.54, 1.807) is 15.9 Å². The molecule has 6 nitrogen and oxygen atoms in total. The van der Waals surface area contributed by atoms with Crippen LogP contribution in [-0.4, -0.2) is 49.2 Å². The molecule has 0 spiro atoms. The van der Waals surface area contributed by atoms with Crippen molar-refractivity contribution in [2.24, 2.45) is 5.92 Å². The van der Waals surface area contributed by atoms with E-state index < -0.39 is 10.0 Å². The molecule has 0 radical (unpaired) electrons. The average Bonchev–Trinajstić information content (AvgIpc) is 2.71. The monoisotopic (exact) mass is 314 g/mol. The molecule has 0 saturated carbocycles. The van der Waals surface area contributed by atoms with E-state index >= 15 is 0 Å². The van der Waals surface area contributed by atoms with Crippen molar-refractivity contribution in [2.45, 2.75) is 45.1 Å². The molecule has 1 unspecified atom stereocenters. The van der Waals surface area contributed by atoms with Gasteiger partial charge in [0, 0.05) is 19.6 Å². The summed E-state index contributed by atoms with van der Waals surface area (Å²) in [6, 6.07) is 0. The highest BCUT2D eigenvalue weighted by Crippen LogP contribution is 2.27. The van der Waals surface area contributed by atoms with Crippen molar-refractivity contribution in [3.63, 3.8) is 0 Å². The highest BCUT2D eigenvalue weighted by Gasteiger charge is 2.33. The molecule has 1 N–H and O–H groups in total. The summed E-state index contributed by atoms with van der Waals surface area (Å²) in [6.45, 7) is 8.41. The summed E-state index contributed by atoms with van der Waals surface area (Å²) in [4.78, 5) is 0.396. The Bertz CT molecular complexity index is 594. The molecule has 1 aliphatic rings. The van der Waals surface area contributed by atoms with Gasteiger partial charge in [-0.25, -0.2) is 8.42 Å². The minimum Gasteiger partial charge on any atom is -0.318 e. The molecule has 1 aromatic rings. The highest BCUT2D eigenvalue weighted by atomic mass is 32.2. The lowest BCUT2D eigenvalue weighted by Crippen LogP contribution is -2.39. The molecule has 1 aromatic heterocycles. The molecule has 1 saturated heterocycles. The topological polar surface area (TPSA) is 67.2 Å². The molecule has 2 heterocycles. The lowest BCUT2D eigenvalue weighted by atomic mass is 10.0. The van der Waals surface area contributed by atoms with E-state index in [9.17, 15) is 8.42 Å². The normalized spacial score (nSPS) is 20.9. The molecule has 0 amide bonds. The molecule has 0 aromatic carbocycles. The first kappa shape index (κ1) is 16.5. The SMILES string of the molecule is CNCCn1nc(C)c(S(=O)(=O)N2CCCC(C)C2)c1C. The van der Waals surface area contributed by atoms with Crippen molar-refractivity contribution < 1.29 is 8.42 Å². The first-order valence-electron chi connectivity index (χ1n) is 7.56. The van der Waals surface area contributed by atoms with E-state index in [1.807, 2.05) is 14.0 Å². The Hall–Kier alpha value is -0.920. The third kappa shape index (κ3) is 3.30. The predicted octanol–water partition coefficient (Wildman–Crippen LogP) is 1.14. The second-order valence-corrected chi connectivity index (χ2v) is 7.81. The fraction of sp³-hybridized carbons (Fsp3) is 0.786. The minimum atomic E-state index is -3.43. The van der Waals surface area contributed by atoms with Gasteiger partial charge in [0.05, 0.1) is 17.9 Å². The van der Waals surface area contributed by atoms with Gasteiger partial charge in [-0.2, -0.15) is 9.40 Å². The number of sulfonamides is 1. The van der Waals surface area contributed by atoms with Crippen molar-refractivity contribution in [1.29, 1.82) is 0 Å². The summed E-state index contributed by atoms with van der Waals surface area (Å²) in [7, 11) is -1.56. The molecule has 7 heteroatoms. The Balaban J connectivity index is 2.33. The lowest BCUT2D eigenvalue weighted by molar-refractivity contribution is 0.281. The van der Waals surface area contributed by atoms with Gasteiger partial charge in [0.25, 0.3) is 0 Å². The van der Waals surface area contributed by atoms with Crippen molar-refractivity contribution in [3.05, 3.63) is 11.4 Å². The van der Waals surface area contributed by atoms with Crippen LogP contribution in [0.2, 0.25) is 0 Å². The van der Waals surface area contributed by atoms with Crippen LogP contribution in [0.5, 0.6) is 0 Å². The smallest absolute Gasteiger partial charge is 0.246 e. The Kier molecular flexibility index (Phi) is 5.06. The molecular weight excluding hydrogens is 288 g/mol. The summed E-state index contributed by atoms with van der Waals surface area (Å²) in [5, 5.41) is 7.46. The fourth-order valence-corrected chi connectivity index (χ4v) is 4.95. The molecule has 1 aliphatic heterocycles. The number of hydrogen-bond acceptors (Lipinski definition) is 4. The number of nitrogens with one attached hydrogen (secondary N) is 1. The van der Waals surface area contributed by atoms with Gasteiger partial charge in [-0.3, -0.25) is 4.68 Å². The minimum absolute atomic E-state index is 0.396. The summed E-state index contributed by atoms with van der Waals surface area (Å²) in [5.74, 6) is 0.425. The zero-order valence-corrected chi connectivity index (χ0v) is 14.2. The molecule has 1 fully saturated rings. The van der Waals surface area contributed by atoms with Crippen LogP contribution in [0.3, 0.4) is 0 Å². The molecule has 21 heavy (non-hydrogen) atoms. The van der Waals surface area contributed by atoms with Crippen LogP contribution in [0.1, 0.15) is 31.2 Å².